The van der Waals surface area contributed by atoms with E-state index < -0.39 is 0 Å². The molecule has 94 valence electrons. The molecule has 0 spiro atoms. The van der Waals surface area contributed by atoms with Crippen molar-refractivity contribution in [1.82, 2.24) is 0 Å². The maximum Gasteiger partial charge on any atom is 0.337 e. The Balaban J connectivity index is 2.60. The van der Waals surface area contributed by atoms with Gasteiger partial charge in [-0.25, -0.2) is 4.79 Å². The largest absolute Gasteiger partial charge is 0.493 e. The lowest BCUT2D eigenvalue weighted by molar-refractivity contribution is 0.0600. The van der Waals surface area contributed by atoms with Crippen LogP contribution < -0.4 is 10.5 Å². The molecule has 1 rings (SSSR count). The molecular formula is C13H19NO3. The SMILES string of the molecule is COC(=O)c1ccc(OCC(C)(C)CN)cc1. The zero-order chi connectivity index (χ0) is 12.9. The highest BCUT2D eigenvalue weighted by Crippen LogP contribution is 2.18. The van der Waals surface area contributed by atoms with E-state index in [2.05, 4.69) is 4.74 Å². The molecule has 0 saturated carbocycles. The van der Waals surface area contributed by atoms with Gasteiger partial charge in [0.05, 0.1) is 19.3 Å². The van der Waals surface area contributed by atoms with Gasteiger partial charge in [-0.15, -0.1) is 0 Å². The Morgan fingerprint density at radius 1 is 1.29 bits per heavy atom. The Kier molecular flexibility index (Phi) is 4.52. The molecule has 0 aromatic heterocycles. The van der Waals surface area contributed by atoms with Gasteiger partial charge in [-0.2, -0.15) is 0 Å². The number of ether oxygens (including phenoxy) is 2. The molecule has 17 heavy (non-hydrogen) atoms. The Labute approximate surface area is 102 Å². The number of hydrogen-bond donors (Lipinski definition) is 1. The molecule has 0 saturated heterocycles. The number of nitrogens with two attached hydrogens (primary N) is 1. The highest BCUT2D eigenvalue weighted by atomic mass is 16.5. The Bertz CT molecular complexity index is 371. The normalized spacial score (nSPS) is 11.1. The summed E-state index contributed by atoms with van der Waals surface area (Å²) in [5.41, 5.74) is 6.07. The first-order chi connectivity index (χ1) is 7.98. The lowest BCUT2D eigenvalue weighted by Gasteiger charge is -2.22. The van der Waals surface area contributed by atoms with Gasteiger partial charge in [0.1, 0.15) is 5.75 Å². The zero-order valence-electron chi connectivity index (χ0n) is 10.5. The van der Waals surface area contributed by atoms with Gasteiger partial charge in [0.15, 0.2) is 0 Å². The Hall–Kier alpha value is -1.55. The zero-order valence-corrected chi connectivity index (χ0v) is 10.5. The third-order valence-electron chi connectivity index (χ3n) is 2.46. The average molecular weight is 237 g/mol. The van der Waals surface area contributed by atoms with Crippen molar-refractivity contribution in [3.05, 3.63) is 29.8 Å². The minimum atomic E-state index is -0.348. The number of carbonyl (C=O) groups excluding carboxylic acids is 1. The highest BCUT2D eigenvalue weighted by molar-refractivity contribution is 5.89. The van der Waals surface area contributed by atoms with Crippen LogP contribution in [0.2, 0.25) is 0 Å². The molecule has 0 atom stereocenters. The van der Waals surface area contributed by atoms with E-state index in [0.29, 0.717) is 18.7 Å². The molecule has 1 aromatic carbocycles. The van der Waals surface area contributed by atoms with Gasteiger partial charge < -0.3 is 15.2 Å². The number of methoxy groups -OCH3 is 1. The lowest BCUT2D eigenvalue weighted by atomic mass is 9.95. The molecular weight excluding hydrogens is 218 g/mol. The van der Waals surface area contributed by atoms with Crippen LogP contribution in [0.1, 0.15) is 24.2 Å². The second-order valence-electron chi connectivity index (χ2n) is 4.67. The first-order valence-corrected chi connectivity index (χ1v) is 5.50. The first kappa shape index (κ1) is 13.5. The molecule has 0 radical (unpaired) electrons. The van der Waals surface area contributed by atoms with Crippen molar-refractivity contribution in [3.8, 4) is 5.75 Å². The predicted octanol–water partition coefficient (Wildman–Crippen LogP) is 1.84. The molecule has 0 aliphatic heterocycles. The van der Waals surface area contributed by atoms with Crippen molar-refractivity contribution in [1.29, 1.82) is 0 Å². The number of hydrogen-bond acceptors (Lipinski definition) is 4. The molecule has 1 aromatic rings. The van der Waals surface area contributed by atoms with E-state index in [9.17, 15) is 4.79 Å². The maximum atomic E-state index is 11.2. The summed E-state index contributed by atoms with van der Waals surface area (Å²) in [4.78, 5) is 11.2. The molecule has 4 heteroatoms. The maximum absolute atomic E-state index is 11.2. The van der Waals surface area contributed by atoms with Crippen LogP contribution >= 0.6 is 0 Å². The van der Waals surface area contributed by atoms with Crippen LogP contribution in [-0.2, 0) is 4.74 Å². The number of esters is 1. The summed E-state index contributed by atoms with van der Waals surface area (Å²) in [7, 11) is 1.36. The minimum Gasteiger partial charge on any atom is -0.493 e. The van der Waals surface area contributed by atoms with Crippen molar-refractivity contribution in [2.75, 3.05) is 20.3 Å². The monoisotopic (exact) mass is 237 g/mol. The van der Waals surface area contributed by atoms with Crippen LogP contribution in [0, 0.1) is 5.41 Å². The smallest absolute Gasteiger partial charge is 0.337 e. The van der Waals surface area contributed by atoms with Gasteiger partial charge in [-0.3, -0.25) is 0 Å². The number of rotatable bonds is 5. The standard InChI is InChI=1S/C13H19NO3/c1-13(2,8-14)9-17-11-6-4-10(5-7-11)12(15)16-3/h4-7H,8-9,14H2,1-3H3. The Morgan fingerprint density at radius 2 is 1.88 bits per heavy atom. The fourth-order valence-corrected chi connectivity index (χ4v) is 1.14. The molecule has 0 aliphatic rings. The van der Waals surface area contributed by atoms with E-state index >= 15 is 0 Å². The molecule has 4 nitrogen and oxygen atoms in total. The second kappa shape index (κ2) is 5.68. The quantitative estimate of drug-likeness (QED) is 0.794. The summed E-state index contributed by atoms with van der Waals surface area (Å²) in [5, 5.41) is 0. The second-order valence-corrected chi connectivity index (χ2v) is 4.67. The van der Waals surface area contributed by atoms with E-state index in [4.69, 9.17) is 10.5 Å². The van der Waals surface area contributed by atoms with Gasteiger partial charge in [0.2, 0.25) is 0 Å². The average Bonchev–Trinajstić information content (AvgIpc) is 2.36. The van der Waals surface area contributed by atoms with E-state index in [1.165, 1.54) is 7.11 Å². The van der Waals surface area contributed by atoms with E-state index in [1.54, 1.807) is 24.3 Å². The van der Waals surface area contributed by atoms with Crippen molar-refractivity contribution in [2.24, 2.45) is 11.1 Å². The Morgan fingerprint density at radius 3 is 2.35 bits per heavy atom. The summed E-state index contributed by atoms with van der Waals surface area (Å²) in [6, 6.07) is 6.85. The molecule has 0 unspecified atom stereocenters. The van der Waals surface area contributed by atoms with Crippen molar-refractivity contribution in [3.63, 3.8) is 0 Å². The van der Waals surface area contributed by atoms with Crippen LogP contribution in [0.25, 0.3) is 0 Å². The fraction of sp³-hybridized carbons (Fsp3) is 0.462. The predicted molar refractivity (Wildman–Crippen MR) is 66.1 cm³/mol. The topological polar surface area (TPSA) is 61.5 Å². The van der Waals surface area contributed by atoms with E-state index in [-0.39, 0.29) is 11.4 Å². The molecule has 0 bridgehead atoms. The van der Waals surface area contributed by atoms with Crippen molar-refractivity contribution < 1.29 is 14.3 Å². The third-order valence-corrected chi connectivity index (χ3v) is 2.46. The molecule has 2 N–H and O–H groups in total. The molecule has 0 fully saturated rings. The molecule has 0 heterocycles. The summed E-state index contributed by atoms with van der Waals surface area (Å²) in [5.74, 6) is 0.373. The number of carbonyl (C=O) groups is 1. The van der Waals surface area contributed by atoms with Crippen LogP contribution in [0.3, 0.4) is 0 Å². The third kappa shape index (κ3) is 4.07. The van der Waals surface area contributed by atoms with Crippen LogP contribution in [-0.4, -0.2) is 26.2 Å². The van der Waals surface area contributed by atoms with Crippen molar-refractivity contribution >= 4 is 5.97 Å². The van der Waals surface area contributed by atoms with Crippen molar-refractivity contribution in [2.45, 2.75) is 13.8 Å². The lowest BCUT2D eigenvalue weighted by Crippen LogP contribution is -2.30. The van der Waals surface area contributed by atoms with Crippen LogP contribution in [0.4, 0.5) is 0 Å². The summed E-state index contributed by atoms with van der Waals surface area (Å²) >= 11 is 0. The van der Waals surface area contributed by atoms with Gasteiger partial charge in [-0.05, 0) is 24.3 Å². The highest BCUT2D eigenvalue weighted by Gasteiger charge is 2.16. The first-order valence-electron chi connectivity index (χ1n) is 5.50. The molecule has 0 amide bonds. The fourth-order valence-electron chi connectivity index (χ4n) is 1.14. The number of benzene rings is 1. The van der Waals surface area contributed by atoms with E-state index in [1.807, 2.05) is 13.8 Å². The summed E-state index contributed by atoms with van der Waals surface area (Å²) < 4.78 is 10.2. The van der Waals surface area contributed by atoms with Crippen LogP contribution in [0.5, 0.6) is 5.75 Å². The van der Waals surface area contributed by atoms with Gasteiger partial charge in [0.25, 0.3) is 0 Å². The van der Waals surface area contributed by atoms with Gasteiger partial charge in [-0.1, -0.05) is 13.8 Å². The summed E-state index contributed by atoms with van der Waals surface area (Å²) in [6.45, 7) is 5.18. The van der Waals surface area contributed by atoms with Gasteiger partial charge in [0, 0.05) is 12.0 Å². The minimum absolute atomic E-state index is 0.0545. The van der Waals surface area contributed by atoms with E-state index in [0.717, 1.165) is 5.75 Å². The summed E-state index contributed by atoms with van der Waals surface area (Å²) in [6.07, 6.45) is 0. The van der Waals surface area contributed by atoms with Crippen LogP contribution in [0.15, 0.2) is 24.3 Å². The van der Waals surface area contributed by atoms with Gasteiger partial charge >= 0.3 is 5.97 Å². The molecule has 0 aliphatic carbocycles.